The smallest absolute Gasteiger partial charge is 0.258 e. The van der Waals surface area contributed by atoms with Gasteiger partial charge in [0.1, 0.15) is 11.5 Å². The Kier molecular flexibility index (Phi) is 8.29. The van der Waals surface area contributed by atoms with Crippen molar-refractivity contribution in [3.8, 4) is 11.6 Å². The van der Waals surface area contributed by atoms with Gasteiger partial charge in [0, 0.05) is 54.1 Å². The number of Topliss-reactive ketones (excluding diaryl/α,β-unsaturated/α-hetero) is 1. The summed E-state index contributed by atoms with van der Waals surface area (Å²) < 4.78 is 12.7. The third-order valence-electron chi connectivity index (χ3n) is 6.52. The predicted octanol–water partition coefficient (Wildman–Crippen LogP) is 5.12. The number of ether oxygens (including phenoxy) is 2. The highest BCUT2D eigenvalue weighted by atomic mass is 35.5. The standard InChI is InChI=1S/C29H28ClN5O4/c1-19-2-11-27(34-33-19)39-25-9-7-24(8-10-25)32-29-31-17-22(16-26(36)21-12-14-38-15-13-21)28(37)35(29)18-20-3-5-23(30)6-4-20/h2-11,17,21H,12-16,18H2,1H3,(H,31,32). The van der Waals surface area contributed by atoms with Crippen LogP contribution in [0.2, 0.25) is 5.02 Å². The fourth-order valence-electron chi connectivity index (χ4n) is 4.32. The molecule has 1 N–H and O–H groups in total. The average Bonchev–Trinajstić information content (AvgIpc) is 2.96. The number of nitrogens with zero attached hydrogens (tertiary/aromatic N) is 4. The molecular weight excluding hydrogens is 518 g/mol. The monoisotopic (exact) mass is 545 g/mol. The highest BCUT2D eigenvalue weighted by Gasteiger charge is 2.23. The number of hydrogen-bond donors (Lipinski definition) is 1. The molecule has 1 aliphatic rings. The maximum Gasteiger partial charge on any atom is 0.258 e. The van der Waals surface area contributed by atoms with Gasteiger partial charge >= 0.3 is 0 Å². The second-order valence-corrected chi connectivity index (χ2v) is 9.86. The molecule has 0 atom stereocenters. The molecule has 2 aromatic carbocycles. The Morgan fingerprint density at radius 1 is 1.05 bits per heavy atom. The van der Waals surface area contributed by atoms with Gasteiger partial charge in [-0.15, -0.1) is 5.10 Å². The van der Waals surface area contributed by atoms with Gasteiger partial charge in [-0.05, 0) is 67.8 Å². The molecule has 2 aromatic heterocycles. The normalized spacial score (nSPS) is 13.7. The number of anilines is 2. The van der Waals surface area contributed by atoms with Crippen molar-refractivity contribution in [3.63, 3.8) is 0 Å². The van der Waals surface area contributed by atoms with Crippen molar-refractivity contribution in [1.82, 2.24) is 19.7 Å². The van der Waals surface area contributed by atoms with Crippen LogP contribution in [-0.4, -0.2) is 38.7 Å². The Bertz CT molecular complexity index is 1480. The highest BCUT2D eigenvalue weighted by Crippen LogP contribution is 2.23. The molecular formula is C29H28ClN5O4. The zero-order chi connectivity index (χ0) is 27.2. The number of nitrogens with one attached hydrogen (secondary N) is 1. The average molecular weight is 546 g/mol. The van der Waals surface area contributed by atoms with Crippen LogP contribution in [0.25, 0.3) is 0 Å². The molecule has 0 aliphatic carbocycles. The summed E-state index contributed by atoms with van der Waals surface area (Å²) in [5.74, 6) is 1.30. The Labute approximate surface area is 230 Å². The number of carbonyl (C=O) groups excluding carboxylic acids is 1. The topological polar surface area (TPSA) is 108 Å². The first kappa shape index (κ1) is 26.5. The summed E-state index contributed by atoms with van der Waals surface area (Å²) in [6.07, 6.45) is 2.90. The van der Waals surface area contributed by atoms with Crippen LogP contribution in [-0.2, 0) is 22.5 Å². The largest absolute Gasteiger partial charge is 0.438 e. The van der Waals surface area contributed by atoms with E-state index in [0.717, 1.165) is 11.3 Å². The molecule has 3 heterocycles. The summed E-state index contributed by atoms with van der Waals surface area (Å²) in [6.45, 7) is 3.26. The van der Waals surface area contributed by atoms with E-state index in [1.165, 1.54) is 6.20 Å². The maximum absolute atomic E-state index is 13.6. The van der Waals surface area contributed by atoms with E-state index in [1.807, 2.05) is 37.3 Å². The summed E-state index contributed by atoms with van der Waals surface area (Å²) in [7, 11) is 0. The molecule has 200 valence electrons. The zero-order valence-corrected chi connectivity index (χ0v) is 22.2. The summed E-state index contributed by atoms with van der Waals surface area (Å²) in [6, 6.07) is 18.1. The minimum atomic E-state index is -0.263. The van der Waals surface area contributed by atoms with E-state index in [-0.39, 0.29) is 30.2 Å². The van der Waals surface area contributed by atoms with Gasteiger partial charge in [0.2, 0.25) is 11.8 Å². The van der Waals surface area contributed by atoms with Crippen LogP contribution < -0.4 is 15.6 Å². The first-order valence-corrected chi connectivity index (χ1v) is 13.1. The van der Waals surface area contributed by atoms with Crippen molar-refractivity contribution in [3.05, 3.63) is 99.1 Å². The molecule has 5 rings (SSSR count). The lowest BCUT2D eigenvalue weighted by molar-refractivity contribution is -0.125. The molecule has 0 bridgehead atoms. The van der Waals surface area contributed by atoms with Gasteiger partial charge in [0.15, 0.2) is 0 Å². The van der Waals surface area contributed by atoms with Crippen molar-refractivity contribution >= 4 is 29.0 Å². The molecule has 1 saturated heterocycles. The second kappa shape index (κ2) is 12.2. The van der Waals surface area contributed by atoms with Crippen LogP contribution in [0.15, 0.2) is 71.7 Å². The first-order valence-electron chi connectivity index (χ1n) is 12.7. The molecule has 0 spiro atoms. The number of rotatable bonds is 9. The molecule has 1 aliphatic heterocycles. The van der Waals surface area contributed by atoms with E-state index in [2.05, 4.69) is 20.5 Å². The van der Waals surface area contributed by atoms with Crippen molar-refractivity contribution in [2.24, 2.45) is 5.92 Å². The lowest BCUT2D eigenvalue weighted by Crippen LogP contribution is -2.31. The van der Waals surface area contributed by atoms with Gasteiger partial charge in [0.25, 0.3) is 5.56 Å². The van der Waals surface area contributed by atoms with Gasteiger partial charge in [-0.3, -0.25) is 14.2 Å². The number of benzene rings is 2. The lowest BCUT2D eigenvalue weighted by atomic mass is 9.92. The van der Waals surface area contributed by atoms with Gasteiger partial charge in [-0.1, -0.05) is 23.7 Å². The van der Waals surface area contributed by atoms with Gasteiger partial charge in [-0.25, -0.2) is 4.98 Å². The number of hydrogen-bond acceptors (Lipinski definition) is 8. The zero-order valence-electron chi connectivity index (χ0n) is 21.5. The van der Waals surface area contributed by atoms with Crippen molar-refractivity contribution < 1.29 is 14.3 Å². The van der Waals surface area contributed by atoms with Crippen molar-refractivity contribution in [1.29, 1.82) is 0 Å². The minimum absolute atomic E-state index is 0.0461. The van der Waals surface area contributed by atoms with Crippen molar-refractivity contribution in [2.45, 2.75) is 32.7 Å². The Morgan fingerprint density at radius 2 is 1.79 bits per heavy atom. The maximum atomic E-state index is 13.6. The van der Waals surface area contributed by atoms with Gasteiger partial charge < -0.3 is 14.8 Å². The van der Waals surface area contributed by atoms with Crippen LogP contribution in [0.4, 0.5) is 11.6 Å². The SMILES string of the molecule is Cc1ccc(Oc2ccc(Nc3ncc(CC(=O)C4CCOCC4)c(=O)n3Cc3ccc(Cl)cc3)cc2)nn1. The molecule has 0 radical (unpaired) electrons. The predicted molar refractivity (Wildman–Crippen MR) is 148 cm³/mol. The Balaban J connectivity index is 1.38. The molecule has 10 heteroatoms. The van der Waals surface area contributed by atoms with Crippen LogP contribution in [0.3, 0.4) is 0 Å². The minimum Gasteiger partial charge on any atom is -0.438 e. The molecule has 0 saturated carbocycles. The Hall–Kier alpha value is -4.08. The van der Waals surface area contributed by atoms with E-state index < -0.39 is 0 Å². The first-order chi connectivity index (χ1) is 18.9. The van der Waals surface area contributed by atoms with E-state index in [0.29, 0.717) is 59.9 Å². The van der Waals surface area contributed by atoms with Crippen LogP contribution in [0.5, 0.6) is 11.6 Å². The van der Waals surface area contributed by atoms with E-state index in [1.54, 1.807) is 34.9 Å². The highest BCUT2D eigenvalue weighted by molar-refractivity contribution is 6.30. The summed E-state index contributed by atoms with van der Waals surface area (Å²) >= 11 is 6.05. The summed E-state index contributed by atoms with van der Waals surface area (Å²) in [5, 5.41) is 11.8. The molecule has 9 nitrogen and oxygen atoms in total. The fraction of sp³-hybridized carbons (Fsp3) is 0.276. The van der Waals surface area contributed by atoms with Crippen LogP contribution >= 0.6 is 11.6 Å². The third kappa shape index (κ3) is 6.87. The Morgan fingerprint density at radius 3 is 2.49 bits per heavy atom. The van der Waals surface area contributed by atoms with Crippen molar-refractivity contribution in [2.75, 3.05) is 18.5 Å². The van der Waals surface area contributed by atoms with Crippen LogP contribution in [0, 0.1) is 12.8 Å². The molecule has 4 aromatic rings. The summed E-state index contributed by atoms with van der Waals surface area (Å²) in [5.41, 5.74) is 2.50. The quantitative estimate of drug-likeness (QED) is 0.309. The van der Waals surface area contributed by atoms with E-state index in [9.17, 15) is 9.59 Å². The number of carbonyl (C=O) groups is 1. The number of halogens is 1. The third-order valence-corrected chi connectivity index (χ3v) is 6.77. The van der Waals surface area contributed by atoms with E-state index >= 15 is 0 Å². The lowest BCUT2D eigenvalue weighted by Gasteiger charge is -2.21. The summed E-state index contributed by atoms with van der Waals surface area (Å²) in [4.78, 5) is 31.0. The molecule has 0 amide bonds. The number of aryl methyl sites for hydroxylation is 1. The molecule has 1 fully saturated rings. The fourth-order valence-corrected chi connectivity index (χ4v) is 4.45. The van der Waals surface area contributed by atoms with Gasteiger partial charge in [0.05, 0.1) is 12.2 Å². The number of aromatic nitrogens is 4. The molecule has 39 heavy (non-hydrogen) atoms. The van der Waals surface area contributed by atoms with Crippen LogP contribution in [0.1, 0.15) is 29.7 Å². The molecule has 0 unspecified atom stereocenters. The van der Waals surface area contributed by atoms with Gasteiger partial charge in [-0.2, -0.15) is 5.10 Å². The van der Waals surface area contributed by atoms with E-state index in [4.69, 9.17) is 21.1 Å². The number of ketones is 1. The second-order valence-electron chi connectivity index (χ2n) is 9.42.